The van der Waals surface area contributed by atoms with Gasteiger partial charge in [0.1, 0.15) is 11.3 Å². The number of aryl methyl sites for hydroxylation is 1. The third-order valence-corrected chi connectivity index (χ3v) is 5.12. The fraction of sp³-hybridized carbons (Fsp3) is 0.318. The minimum atomic E-state index is -0.642. The number of carbonyl (C=O) groups is 1. The van der Waals surface area contributed by atoms with Crippen molar-refractivity contribution in [2.24, 2.45) is 0 Å². The van der Waals surface area contributed by atoms with Gasteiger partial charge < -0.3 is 14.1 Å². The van der Waals surface area contributed by atoms with Gasteiger partial charge in [0.15, 0.2) is 6.10 Å². The van der Waals surface area contributed by atoms with E-state index < -0.39 is 6.10 Å². The number of hydrogen-bond acceptors (Lipinski definition) is 5. The van der Waals surface area contributed by atoms with E-state index in [4.69, 9.17) is 9.15 Å². The number of nitrogens with zero attached hydrogens (tertiary/aromatic N) is 2. The van der Waals surface area contributed by atoms with Crippen molar-refractivity contribution in [1.29, 1.82) is 0 Å². The number of hydrogen-bond donors (Lipinski definition) is 0. The highest BCUT2D eigenvalue weighted by Crippen LogP contribution is 2.24. The van der Waals surface area contributed by atoms with Gasteiger partial charge in [0, 0.05) is 48.9 Å². The molecule has 4 rings (SSSR count). The van der Waals surface area contributed by atoms with E-state index in [0.717, 1.165) is 35.0 Å². The van der Waals surface area contributed by atoms with Crippen LogP contribution in [0.25, 0.3) is 11.0 Å². The fourth-order valence-corrected chi connectivity index (χ4v) is 3.64. The number of rotatable bonds is 4. The molecule has 1 aliphatic rings. The summed E-state index contributed by atoms with van der Waals surface area (Å²) in [5, 5.41) is 0.883. The lowest BCUT2D eigenvalue weighted by Crippen LogP contribution is -2.43. The highest BCUT2D eigenvalue weighted by molar-refractivity contribution is 5.83. The van der Waals surface area contributed by atoms with Crippen molar-refractivity contribution < 1.29 is 13.9 Å². The Kier molecular flexibility index (Phi) is 4.86. The Morgan fingerprint density at radius 3 is 3.00 bits per heavy atom. The van der Waals surface area contributed by atoms with Gasteiger partial charge in [-0.3, -0.25) is 9.78 Å². The third-order valence-electron chi connectivity index (χ3n) is 5.12. The number of amides is 1. The predicted octanol–water partition coefficient (Wildman–Crippen LogP) is 3.10. The van der Waals surface area contributed by atoms with Crippen molar-refractivity contribution in [2.75, 3.05) is 6.54 Å². The van der Waals surface area contributed by atoms with Crippen LogP contribution in [0.2, 0.25) is 0 Å². The van der Waals surface area contributed by atoms with E-state index in [-0.39, 0.29) is 11.5 Å². The molecule has 0 saturated carbocycles. The molecule has 3 aromatic rings. The van der Waals surface area contributed by atoms with Crippen LogP contribution in [-0.2, 0) is 24.2 Å². The van der Waals surface area contributed by atoms with E-state index in [0.29, 0.717) is 24.4 Å². The molecule has 2 aromatic heterocycles. The molecule has 28 heavy (non-hydrogen) atoms. The van der Waals surface area contributed by atoms with E-state index in [9.17, 15) is 9.59 Å². The van der Waals surface area contributed by atoms with Crippen molar-refractivity contribution in [3.63, 3.8) is 0 Å². The lowest BCUT2D eigenvalue weighted by molar-refractivity contribution is -0.138. The molecule has 1 unspecified atom stereocenters. The van der Waals surface area contributed by atoms with Crippen LogP contribution < -0.4 is 10.4 Å². The number of carbonyl (C=O) groups excluding carboxylic acids is 1. The van der Waals surface area contributed by atoms with Crippen LogP contribution >= 0.6 is 0 Å². The average Bonchev–Trinajstić information content (AvgIpc) is 2.71. The first-order chi connectivity index (χ1) is 13.5. The Morgan fingerprint density at radius 2 is 2.18 bits per heavy atom. The third kappa shape index (κ3) is 3.50. The highest BCUT2D eigenvalue weighted by Gasteiger charge is 2.26. The average molecular weight is 378 g/mol. The lowest BCUT2D eigenvalue weighted by Gasteiger charge is -2.30. The van der Waals surface area contributed by atoms with Crippen molar-refractivity contribution in [1.82, 2.24) is 9.88 Å². The Bertz CT molecular complexity index is 1090. The van der Waals surface area contributed by atoms with Crippen LogP contribution in [-0.4, -0.2) is 28.4 Å². The molecule has 0 aliphatic carbocycles. The molecule has 1 amide bonds. The van der Waals surface area contributed by atoms with Crippen LogP contribution in [0, 0.1) is 0 Å². The van der Waals surface area contributed by atoms with E-state index in [2.05, 4.69) is 4.98 Å². The van der Waals surface area contributed by atoms with Crippen molar-refractivity contribution in [3.05, 3.63) is 69.8 Å². The molecule has 0 radical (unpaired) electrons. The minimum absolute atomic E-state index is 0.0710. The Balaban J connectivity index is 1.51. The summed E-state index contributed by atoms with van der Waals surface area (Å²) in [5.41, 5.74) is 3.15. The molecule has 0 bridgehead atoms. The Morgan fingerprint density at radius 1 is 1.32 bits per heavy atom. The molecule has 6 nitrogen and oxygen atoms in total. The summed E-state index contributed by atoms with van der Waals surface area (Å²) >= 11 is 0. The van der Waals surface area contributed by atoms with Crippen LogP contribution in [0.3, 0.4) is 0 Å². The molecule has 144 valence electrons. The van der Waals surface area contributed by atoms with E-state index in [1.165, 1.54) is 6.07 Å². The van der Waals surface area contributed by atoms with Crippen LogP contribution in [0.15, 0.2) is 51.8 Å². The van der Waals surface area contributed by atoms with Gasteiger partial charge in [-0.1, -0.05) is 13.0 Å². The van der Waals surface area contributed by atoms with Crippen molar-refractivity contribution >= 4 is 16.9 Å². The topological polar surface area (TPSA) is 72.6 Å². The zero-order chi connectivity index (χ0) is 19.7. The molecule has 0 fully saturated rings. The molecule has 0 N–H and O–H groups in total. The SMILES string of the molecule is CCc1cc(=O)oc2cc(OC(C)C(=O)N3CCc4ncccc4C3)ccc12. The van der Waals surface area contributed by atoms with Crippen molar-refractivity contribution in [2.45, 2.75) is 39.3 Å². The maximum absolute atomic E-state index is 12.8. The lowest BCUT2D eigenvalue weighted by atomic mass is 10.1. The van der Waals surface area contributed by atoms with Crippen molar-refractivity contribution in [3.8, 4) is 5.75 Å². The summed E-state index contributed by atoms with van der Waals surface area (Å²) in [6.07, 6.45) is 2.62. The fourth-order valence-electron chi connectivity index (χ4n) is 3.64. The number of fused-ring (bicyclic) bond motifs is 2. The summed E-state index contributed by atoms with van der Waals surface area (Å²) < 4.78 is 11.2. The molecule has 1 aliphatic heterocycles. The van der Waals surface area contributed by atoms with E-state index >= 15 is 0 Å². The number of ether oxygens (including phenoxy) is 1. The maximum atomic E-state index is 12.8. The summed E-state index contributed by atoms with van der Waals surface area (Å²) in [5.74, 6) is 0.433. The smallest absolute Gasteiger partial charge is 0.336 e. The van der Waals surface area contributed by atoms with Crippen LogP contribution in [0.4, 0.5) is 0 Å². The molecular formula is C22H22N2O4. The van der Waals surface area contributed by atoms with E-state index in [1.807, 2.05) is 25.1 Å². The molecule has 0 spiro atoms. The molecule has 0 saturated heterocycles. The van der Waals surface area contributed by atoms with Gasteiger partial charge in [0.2, 0.25) is 0 Å². The standard InChI is InChI=1S/C22H22N2O4/c1-3-15-11-21(25)28-20-12-17(6-7-18(15)20)27-14(2)22(26)24-10-8-19-16(13-24)5-4-9-23-19/h4-7,9,11-12,14H,3,8,10,13H2,1-2H3. The Hall–Kier alpha value is -3.15. The van der Waals surface area contributed by atoms with Crippen LogP contribution in [0.5, 0.6) is 5.75 Å². The number of aromatic nitrogens is 1. The summed E-state index contributed by atoms with van der Waals surface area (Å²) in [6.45, 7) is 4.90. The monoisotopic (exact) mass is 378 g/mol. The summed E-state index contributed by atoms with van der Waals surface area (Å²) in [6, 6.07) is 10.8. The molecular weight excluding hydrogens is 356 g/mol. The second kappa shape index (κ2) is 7.46. The first-order valence-electron chi connectivity index (χ1n) is 9.50. The van der Waals surface area contributed by atoms with Gasteiger partial charge in [-0.2, -0.15) is 0 Å². The maximum Gasteiger partial charge on any atom is 0.336 e. The normalized spacial score (nSPS) is 14.6. The largest absolute Gasteiger partial charge is 0.481 e. The second-order valence-corrected chi connectivity index (χ2v) is 6.98. The molecule has 1 aromatic carbocycles. The predicted molar refractivity (Wildman–Crippen MR) is 105 cm³/mol. The van der Waals surface area contributed by atoms with E-state index in [1.54, 1.807) is 30.2 Å². The van der Waals surface area contributed by atoms with Gasteiger partial charge in [-0.05, 0) is 42.7 Å². The van der Waals surface area contributed by atoms with Gasteiger partial charge in [0.25, 0.3) is 5.91 Å². The number of benzene rings is 1. The van der Waals surface area contributed by atoms with Gasteiger partial charge in [-0.25, -0.2) is 4.79 Å². The Labute approximate surface area is 162 Å². The van der Waals surface area contributed by atoms with Gasteiger partial charge in [0.05, 0.1) is 0 Å². The zero-order valence-electron chi connectivity index (χ0n) is 16.0. The minimum Gasteiger partial charge on any atom is -0.481 e. The second-order valence-electron chi connectivity index (χ2n) is 6.98. The molecule has 1 atom stereocenters. The quantitative estimate of drug-likeness (QED) is 0.653. The zero-order valence-corrected chi connectivity index (χ0v) is 16.0. The van der Waals surface area contributed by atoms with Gasteiger partial charge in [-0.15, -0.1) is 0 Å². The first kappa shape index (κ1) is 18.2. The first-order valence-corrected chi connectivity index (χ1v) is 9.50. The molecule has 3 heterocycles. The molecule has 6 heteroatoms. The highest BCUT2D eigenvalue weighted by atomic mass is 16.5. The number of pyridine rings is 1. The van der Waals surface area contributed by atoms with Crippen LogP contribution in [0.1, 0.15) is 30.7 Å². The summed E-state index contributed by atoms with van der Waals surface area (Å²) in [4.78, 5) is 30.7. The summed E-state index contributed by atoms with van der Waals surface area (Å²) in [7, 11) is 0. The van der Waals surface area contributed by atoms with Gasteiger partial charge >= 0.3 is 5.63 Å².